The highest BCUT2D eigenvalue weighted by atomic mass is 16.4. The van der Waals surface area contributed by atoms with Crippen molar-refractivity contribution in [3.63, 3.8) is 0 Å². The maximum atomic E-state index is 10.0. The minimum atomic E-state index is -0.927. The molecular weight excluding hydrogens is 144 g/mol. The second-order valence-electron chi connectivity index (χ2n) is 2.78. The van der Waals surface area contributed by atoms with E-state index in [4.69, 9.17) is 5.11 Å². The van der Waals surface area contributed by atoms with Gasteiger partial charge in [-0.3, -0.25) is 0 Å². The lowest BCUT2D eigenvalue weighted by molar-refractivity contribution is 0.192. The first-order valence-corrected chi connectivity index (χ1v) is 3.98. The number of nitrogens with zero attached hydrogens (tertiary/aromatic N) is 1. The Morgan fingerprint density at radius 1 is 1.45 bits per heavy atom. The first-order chi connectivity index (χ1) is 5.29. The van der Waals surface area contributed by atoms with E-state index in [1.807, 2.05) is 0 Å². The average molecular weight is 158 g/mol. The lowest BCUT2D eigenvalue weighted by Crippen LogP contribution is -2.32. The van der Waals surface area contributed by atoms with Crippen LogP contribution in [-0.4, -0.2) is 42.3 Å². The zero-order valence-corrected chi connectivity index (χ0v) is 6.55. The van der Waals surface area contributed by atoms with Crippen molar-refractivity contribution >= 4 is 6.09 Å². The Bertz CT molecular complexity index is 132. The van der Waals surface area contributed by atoms with Crippen LogP contribution in [0.5, 0.6) is 0 Å². The highest BCUT2D eigenvalue weighted by Gasteiger charge is 2.10. The Hall–Kier alpha value is -0.770. The van der Waals surface area contributed by atoms with E-state index in [2.05, 4.69) is 10.2 Å². The predicted octanol–water partition coefficient (Wildman–Crippen LogP) is 0.350. The molecule has 1 rings (SSSR count). The van der Waals surface area contributed by atoms with E-state index in [9.17, 15) is 4.79 Å². The van der Waals surface area contributed by atoms with E-state index in [-0.39, 0.29) is 0 Å². The standard InChI is InChI=1S/C7H14N2O2/c10-7(11)8-3-6-9-4-1-2-5-9/h8H,1-6H2,(H,10,11). The van der Waals surface area contributed by atoms with Gasteiger partial charge in [0.25, 0.3) is 0 Å². The molecule has 0 aromatic carbocycles. The van der Waals surface area contributed by atoms with Crippen LogP contribution in [0.25, 0.3) is 0 Å². The van der Waals surface area contributed by atoms with Crippen molar-refractivity contribution in [3.05, 3.63) is 0 Å². The highest BCUT2D eigenvalue weighted by Crippen LogP contribution is 2.05. The van der Waals surface area contributed by atoms with Gasteiger partial charge in [-0.1, -0.05) is 0 Å². The van der Waals surface area contributed by atoms with Crippen molar-refractivity contribution < 1.29 is 9.90 Å². The van der Waals surface area contributed by atoms with Crippen LogP contribution in [0.4, 0.5) is 4.79 Å². The largest absolute Gasteiger partial charge is 0.465 e. The molecule has 0 spiro atoms. The summed E-state index contributed by atoms with van der Waals surface area (Å²) in [5, 5.41) is 10.6. The lowest BCUT2D eigenvalue weighted by atomic mass is 10.4. The number of nitrogens with one attached hydrogen (secondary N) is 1. The fourth-order valence-corrected chi connectivity index (χ4v) is 1.33. The van der Waals surface area contributed by atoms with E-state index >= 15 is 0 Å². The molecule has 0 bridgehead atoms. The van der Waals surface area contributed by atoms with Crippen LogP contribution < -0.4 is 5.32 Å². The molecule has 11 heavy (non-hydrogen) atoms. The number of hydrogen-bond acceptors (Lipinski definition) is 2. The molecule has 1 aliphatic heterocycles. The normalized spacial score (nSPS) is 18.5. The molecule has 0 aliphatic carbocycles. The van der Waals surface area contributed by atoms with E-state index < -0.39 is 6.09 Å². The Kier molecular flexibility index (Phi) is 3.16. The van der Waals surface area contributed by atoms with E-state index in [0.29, 0.717) is 6.54 Å². The Balaban J connectivity index is 1.98. The van der Waals surface area contributed by atoms with Crippen molar-refractivity contribution in [1.29, 1.82) is 0 Å². The van der Waals surface area contributed by atoms with Gasteiger partial charge in [-0.2, -0.15) is 0 Å². The molecular formula is C7H14N2O2. The molecule has 0 aromatic heterocycles. The van der Waals surface area contributed by atoms with Gasteiger partial charge in [0, 0.05) is 13.1 Å². The van der Waals surface area contributed by atoms with Crippen molar-refractivity contribution in [2.24, 2.45) is 0 Å². The van der Waals surface area contributed by atoms with E-state index in [1.165, 1.54) is 12.8 Å². The third-order valence-electron chi connectivity index (χ3n) is 1.90. The molecule has 1 fully saturated rings. The summed E-state index contributed by atoms with van der Waals surface area (Å²) in [5.74, 6) is 0. The first-order valence-electron chi connectivity index (χ1n) is 3.98. The van der Waals surface area contributed by atoms with Crippen LogP contribution >= 0.6 is 0 Å². The van der Waals surface area contributed by atoms with Gasteiger partial charge >= 0.3 is 6.09 Å². The van der Waals surface area contributed by atoms with Gasteiger partial charge in [0.2, 0.25) is 0 Å². The molecule has 0 saturated carbocycles. The third-order valence-corrected chi connectivity index (χ3v) is 1.90. The summed E-state index contributed by atoms with van der Waals surface area (Å²) in [6, 6.07) is 0. The van der Waals surface area contributed by atoms with Crippen molar-refractivity contribution in [3.8, 4) is 0 Å². The lowest BCUT2D eigenvalue weighted by Gasteiger charge is -2.13. The van der Waals surface area contributed by atoms with E-state index in [0.717, 1.165) is 19.6 Å². The Labute approximate surface area is 66.2 Å². The topological polar surface area (TPSA) is 52.6 Å². The van der Waals surface area contributed by atoms with Crippen molar-refractivity contribution in [2.75, 3.05) is 26.2 Å². The Morgan fingerprint density at radius 2 is 2.09 bits per heavy atom. The van der Waals surface area contributed by atoms with Gasteiger partial charge in [0.1, 0.15) is 0 Å². The van der Waals surface area contributed by atoms with Gasteiger partial charge in [-0.15, -0.1) is 0 Å². The quantitative estimate of drug-likeness (QED) is 0.623. The second kappa shape index (κ2) is 4.18. The molecule has 2 N–H and O–H groups in total. The summed E-state index contributed by atoms with van der Waals surface area (Å²) in [6.07, 6.45) is 1.59. The van der Waals surface area contributed by atoms with Crippen LogP contribution in [0.15, 0.2) is 0 Å². The van der Waals surface area contributed by atoms with Gasteiger partial charge in [0.05, 0.1) is 0 Å². The van der Waals surface area contributed by atoms with E-state index in [1.54, 1.807) is 0 Å². The fraction of sp³-hybridized carbons (Fsp3) is 0.857. The molecule has 0 unspecified atom stereocenters. The van der Waals surface area contributed by atoms with Crippen LogP contribution in [0.1, 0.15) is 12.8 Å². The molecule has 1 amide bonds. The van der Waals surface area contributed by atoms with Crippen LogP contribution in [0, 0.1) is 0 Å². The predicted molar refractivity (Wildman–Crippen MR) is 41.7 cm³/mol. The third kappa shape index (κ3) is 3.23. The second-order valence-corrected chi connectivity index (χ2v) is 2.78. The smallest absolute Gasteiger partial charge is 0.404 e. The monoisotopic (exact) mass is 158 g/mol. The number of amides is 1. The zero-order chi connectivity index (χ0) is 8.10. The van der Waals surface area contributed by atoms with Crippen LogP contribution in [0.3, 0.4) is 0 Å². The molecule has 4 nitrogen and oxygen atoms in total. The molecule has 4 heteroatoms. The van der Waals surface area contributed by atoms with Crippen LogP contribution in [-0.2, 0) is 0 Å². The number of rotatable bonds is 3. The highest BCUT2D eigenvalue weighted by molar-refractivity contribution is 5.64. The molecule has 0 radical (unpaired) electrons. The van der Waals surface area contributed by atoms with Crippen molar-refractivity contribution in [1.82, 2.24) is 10.2 Å². The average Bonchev–Trinajstić information content (AvgIpc) is 2.39. The summed E-state index contributed by atoms with van der Waals surface area (Å²) in [6.45, 7) is 3.66. The van der Waals surface area contributed by atoms with Gasteiger partial charge in [-0.25, -0.2) is 4.79 Å². The SMILES string of the molecule is O=C(O)NCCN1CCCC1. The first kappa shape index (κ1) is 8.33. The number of likely N-dealkylation sites (tertiary alicyclic amines) is 1. The molecule has 64 valence electrons. The van der Waals surface area contributed by atoms with Gasteiger partial charge < -0.3 is 15.3 Å². The number of hydrogen-bond donors (Lipinski definition) is 2. The van der Waals surface area contributed by atoms with Gasteiger partial charge in [-0.05, 0) is 25.9 Å². The number of carbonyl (C=O) groups is 1. The zero-order valence-electron chi connectivity index (χ0n) is 6.55. The number of carboxylic acid groups (broad SMARTS) is 1. The molecule has 1 heterocycles. The summed E-state index contributed by atoms with van der Waals surface area (Å²) < 4.78 is 0. The fourth-order valence-electron chi connectivity index (χ4n) is 1.33. The molecule has 0 atom stereocenters. The Morgan fingerprint density at radius 3 is 2.64 bits per heavy atom. The summed E-state index contributed by atoms with van der Waals surface area (Å²) >= 11 is 0. The minimum absolute atomic E-state index is 0.551. The maximum absolute atomic E-state index is 10.0. The van der Waals surface area contributed by atoms with Crippen molar-refractivity contribution in [2.45, 2.75) is 12.8 Å². The van der Waals surface area contributed by atoms with Crippen LogP contribution in [0.2, 0.25) is 0 Å². The molecule has 0 aromatic rings. The molecule has 1 aliphatic rings. The maximum Gasteiger partial charge on any atom is 0.404 e. The summed E-state index contributed by atoms with van der Waals surface area (Å²) in [7, 11) is 0. The minimum Gasteiger partial charge on any atom is -0.465 e. The van der Waals surface area contributed by atoms with Gasteiger partial charge in [0.15, 0.2) is 0 Å². The molecule has 1 saturated heterocycles. The summed E-state index contributed by atoms with van der Waals surface area (Å²) in [4.78, 5) is 12.3. The summed E-state index contributed by atoms with van der Waals surface area (Å²) in [5.41, 5.74) is 0.